The van der Waals surface area contributed by atoms with Crippen LogP contribution in [0.2, 0.25) is 5.15 Å². The summed E-state index contributed by atoms with van der Waals surface area (Å²) in [6, 6.07) is 0. The molecule has 0 fully saturated rings. The van der Waals surface area contributed by atoms with Crippen molar-refractivity contribution in [1.82, 2.24) is 9.97 Å². The van der Waals surface area contributed by atoms with E-state index in [0.29, 0.717) is 11.1 Å². The molecule has 14 heavy (non-hydrogen) atoms. The first-order valence-corrected chi connectivity index (χ1v) is 6.11. The van der Waals surface area contributed by atoms with E-state index in [0.717, 1.165) is 16.3 Å². The van der Waals surface area contributed by atoms with E-state index in [1.165, 1.54) is 12.7 Å². The fraction of sp³-hybridized carbons (Fsp3) is 0.600. The predicted molar refractivity (Wildman–Crippen MR) is 62.0 cm³/mol. The molecule has 0 aliphatic heterocycles. The van der Waals surface area contributed by atoms with Crippen LogP contribution < -0.4 is 0 Å². The first-order chi connectivity index (χ1) is 6.65. The Kier molecular flexibility index (Phi) is 4.69. The van der Waals surface area contributed by atoms with Crippen LogP contribution in [0, 0.1) is 12.8 Å². The zero-order valence-corrected chi connectivity index (χ0v) is 10.3. The van der Waals surface area contributed by atoms with Crippen LogP contribution in [0.25, 0.3) is 0 Å². The third kappa shape index (κ3) is 3.14. The van der Waals surface area contributed by atoms with Crippen molar-refractivity contribution in [2.75, 3.05) is 5.75 Å². The second-order valence-electron chi connectivity index (χ2n) is 3.42. The van der Waals surface area contributed by atoms with Gasteiger partial charge in [0.15, 0.2) is 0 Å². The maximum Gasteiger partial charge on any atom is 0.136 e. The number of hydrogen-bond acceptors (Lipinski definition) is 3. The molecule has 0 spiro atoms. The highest BCUT2D eigenvalue weighted by molar-refractivity contribution is 7.99. The van der Waals surface area contributed by atoms with Crippen LogP contribution in [0.4, 0.5) is 0 Å². The van der Waals surface area contributed by atoms with Crippen LogP contribution in [0.3, 0.4) is 0 Å². The van der Waals surface area contributed by atoms with Gasteiger partial charge in [-0.25, -0.2) is 9.97 Å². The van der Waals surface area contributed by atoms with Crippen LogP contribution in [-0.2, 0) is 0 Å². The maximum atomic E-state index is 5.90. The van der Waals surface area contributed by atoms with Crippen molar-refractivity contribution in [3.05, 3.63) is 17.0 Å². The number of rotatable bonds is 4. The molecule has 0 amide bonds. The van der Waals surface area contributed by atoms with Crippen LogP contribution in [0.5, 0.6) is 0 Å². The number of thioether (sulfide) groups is 1. The Labute approximate surface area is 94.5 Å². The van der Waals surface area contributed by atoms with E-state index in [1.807, 2.05) is 6.92 Å². The van der Waals surface area contributed by atoms with Crippen LogP contribution >= 0.6 is 23.4 Å². The van der Waals surface area contributed by atoms with E-state index >= 15 is 0 Å². The largest absolute Gasteiger partial charge is 0.230 e. The van der Waals surface area contributed by atoms with Crippen LogP contribution in [0.15, 0.2) is 11.4 Å². The summed E-state index contributed by atoms with van der Waals surface area (Å²) in [5.41, 5.74) is 0.988. The Balaban J connectivity index is 2.63. The Morgan fingerprint density at radius 1 is 1.50 bits per heavy atom. The second-order valence-corrected chi connectivity index (χ2v) is 4.79. The van der Waals surface area contributed by atoms with Crippen molar-refractivity contribution in [2.24, 2.45) is 5.92 Å². The van der Waals surface area contributed by atoms with Gasteiger partial charge in [0.05, 0.1) is 0 Å². The first-order valence-electron chi connectivity index (χ1n) is 4.75. The average Bonchev–Trinajstić information content (AvgIpc) is 2.20. The fourth-order valence-electron chi connectivity index (χ4n) is 0.898. The molecule has 1 atom stereocenters. The molecule has 1 unspecified atom stereocenters. The molecular formula is C10H15ClN2S. The van der Waals surface area contributed by atoms with E-state index in [2.05, 4.69) is 23.8 Å². The molecule has 0 radical (unpaired) electrons. The standard InChI is InChI=1S/C10H15ClN2S/c1-4-7(2)5-14-10-8(3)9(11)12-6-13-10/h6-7H,4-5H2,1-3H3. The monoisotopic (exact) mass is 230 g/mol. The van der Waals surface area contributed by atoms with Gasteiger partial charge < -0.3 is 0 Å². The molecule has 1 rings (SSSR count). The lowest BCUT2D eigenvalue weighted by Crippen LogP contribution is -1.97. The third-order valence-electron chi connectivity index (χ3n) is 2.18. The van der Waals surface area contributed by atoms with E-state index in [-0.39, 0.29) is 0 Å². The molecule has 0 bridgehead atoms. The molecule has 0 saturated heterocycles. The highest BCUT2D eigenvalue weighted by atomic mass is 35.5. The normalized spacial score (nSPS) is 12.9. The van der Waals surface area contributed by atoms with Gasteiger partial charge >= 0.3 is 0 Å². The van der Waals surface area contributed by atoms with Gasteiger partial charge in [0.25, 0.3) is 0 Å². The summed E-state index contributed by atoms with van der Waals surface area (Å²) in [7, 11) is 0. The topological polar surface area (TPSA) is 25.8 Å². The molecule has 78 valence electrons. The van der Waals surface area contributed by atoms with Gasteiger partial charge in [-0.1, -0.05) is 31.9 Å². The second kappa shape index (κ2) is 5.56. The predicted octanol–water partition coefficient (Wildman–Crippen LogP) is 3.58. The van der Waals surface area contributed by atoms with Crippen molar-refractivity contribution in [3.63, 3.8) is 0 Å². The van der Waals surface area contributed by atoms with Crippen molar-refractivity contribution in [2.45, 2.75) is 32.2 Å². The zero-order valence-electron chi connectivity index (χ0n) is 8.75. The highest BCUT2D eigenvalue weighted by Gasteiger charge is 2.07. The van der Waals surface area contributed by atoms with Gasteiger partial charge in [0, 0.05) is 11.3 Å². The van der Waals surface area contributed by atoms with E-state index in [1.54, 1.807) is 11.8 Å². The zero-order chi connectivity index (χ0) is 10.6. The van der Waals surface area contributed by atoms with Crippen molar-refractivity contribution in [1.29, 1.82) is 0 Å². The minimum atomic E-state index is 0.562. The summed E-state index contributed by atoms with van der Waals surface area (Å²) >= 11 is 7.66. The number of hydrogen-bond donors (Lipinski definition) is 0. The maximum absolute atomic E-state index is 5.90. The summed E-state index contributed by atoms with van der Waals surface area (Å²) < 4.78 is 0. The van der Waals surface area contributed by atoms with Gasteiger partial charge in [0.1, 0.15) is 16.5 Å². The minimum Gasteiger partial charge on any atom is -0.230 e. The fourth-order valence-corrected chi connectivity index (χ4v) is 2.20. The summed E-state index contributed by atoms with van der Waals surface area (Å²) in [5.74, 6) is 1.80. The Hall–Kier alpha value is -0.280. The lowest BCUT2D eigenvalue weighted by atomic mass is 10.2. The van der Waals surface area contributed by atoms with Gasteiger partial charge in [-0.15, -0.1) is 11.8 Å². The summed E-state index contributed by atoms with van der Waals surface area (Å²) in [4.78, 5) is 8.14. The van der Waals surface area contributed by atoms with E-state index in [9.17, 15) is 0 Å². The Bertz CT molecular complexity index is 304. The van der Waals surface area contributed by atoms with Crippen molar-refractivity contribution >= 4 is 23.4 Å². The molecule has 1 heterocycles. The molecule has 1 aromatic heterocycles. The van der Waals surface area contributed by atoms with Crippen LogP contribution in [-0.4, -0.2) is 15.7 Å². The van der Waals surface area contributed by atoms with E-state index < -0.39 is 0 Å². The van der Waals surface area contributed by atoms with Gasteiger partial charge in [-0.3, -0.25) is 0 Å². The average molecular weight is 231 g/mol. The van der Waals surface area contributed by atoms with Crippen molar-refractivity contribution in [3.8, 4) is 0 Å². The van der Waals surface area contributed by atoms with Crippen molar-refractivity contribution < 1.29 is 0 Å². The number of nitrogens with zero attached hydrogens (tertiary/aromatic N) is 2. The molecule has 0 N–H and O–H groups in total. The van der Waals surface area contributed by atoms with Gasteiger partial charge in [-0.05, 0) is 12.8 Å². The Morgan fingerprint density at radius 2 is 2.21 bits per heavy atom. The molecule has 2 nitrogen and oxygen atoms in total. The lowest BCUT2D eigenvalue weighted by molar-refractivity contribution is 0.636. The van der Waals surface area contributed by atoms with Gasteiger partial charge in [-0.2, -0.15) is 0 Å². The smallest absolute Gasteiger partial charge is 0.136 e. The molecular weight excluding hydrogens is 216 g/mol. The minimum absolute atomic E-state index is 0.562. The summed E-state index contributed by atoms with van der Waals surface area (Å²) in [6.07, 6.45) is 2.72. The molecule has 0 aliphatic rings. The molecule has 4 heteroatoms. The first kappa shape index (κ1) is 11.8. The molecule has 0 aliphatic carbocycles. The molecule has 1 aromatic rings. The lowest BCUT2D eigenvalue weighted by Gasteiger charge is -2.08. The van der Waals surface area contributed by atoms with Gasteiger partial charge in [0.2, 0.25) is 0 Å². The quantitative estimate of drug-likeness (QED) is 0.584. The van der Waals surface area contributed by atoms with Crippen LogP contribution in [0.1, 0.15) is 25.8 Å². The SMILES string of the molecule is CCC(C)CSc1ncnc(Cl)c1C. The number of halogens is 1. The number of aromatic nitrogens is 2. The highest BCUT2D eigenvalue weighted by Crippen LogP contribution is 2.25. The summed E-state index contributed by atoms with van der Waals surface area (Å²) in [6.45, 7) is 6.40. The molecule has 0 aromatic carbocycles. The Morgan fingerprint density at radius 3 is 2.86 bits per heavy atom. The van der Waals surface area contributed by atoms with E-state index in [4.69, 9.17) is 11.6 Å². The molecule has 0 saturated carbocycles. The summed E-state index contributed by atoms with van der Waals surface area (Å²) in [5, 5.41) is 1.57. The third-order valence-corrected chi connectivity index (χ3v) is 3.98.